The fraction of sp³-hybridized carbons (Fsp3) is 0.448. The number of aryl methyl sites for hydroxylation is 2. The first-order valence-corrected chi connectivity index (χ1v) is 12.6. The van der Waals surface area contributed by atoms with Crippen molar-refractivity contribution >= 4 is 11.0 Å². The van der Waals surface area contributed by atoms with Gasteiger partial charge in [0.1, 0.15) is 5.69 Å². The van der Waals surface area contributed by atoms with Gasteiger partial charge in [-0.2, -0.15) is 0 Å². The van der Waals surface area contributed by atoms with Crippen molar-refractivity contribution < 1.29 is 9.15 Å². The molecule has 0 aliphatic heterocycles. The van der Waals surface area contributed by atoms with Gasteiger partial charge in [-0.15, -0.1) is 10.2 Å². The Morgan fingerprint density at radius 2 is 1.57 bits per heavy atom. The second kappa shape index (κ2) is 13.6. The zero-order valence-corrected chi connectivity index (χ0v) is 22.6. The molecule has 0 spiro atoms. The molecule has 35 heavy (non-hydrogen) atoms. The molecule has 2 aromatic carbocycles. The Morgan fingerprint density at radius 1 is 0.886 bits per heavy atom. The number of ether oxygens (including phenoxy) is 1. The minimum atomic E-state index is 0.101. The van der Waals surface area contributed by atoms with Crippen molar-refractivity contribution in [2.45, 2.75) is 74.1 Å². The van der Waals surface area contributed by atoms with Gasteiger partial charge in [0.25, 0.3) is 0 Å². The van der Waals surface area contributed by atoms with Crippen LogP contribution in [0.4, 0.5) is 0 Å². The number of para-hydroxylation sites is 2. The van der Waals surface area contributed by atoms with Gasteiger partial charge in [0.05, 0.1) is 18.1 Å². The summed E-state index contributed by atoms with van der Waals surface area (Å²) in [5.41, 5.74) is 4.87. The van der Waals surface area contributed by atoms with E-state index in [1.807, 2.05) is 58.9 Å². The molecule has 4 rings (SSSR count). The molecule has 0 unspecified atom stereocenters. The van der Waals surface area contributed by atoms with Crippen LogP contribution < -0.4 is 4.74 Å². The molecule has 6 nitrogen and oxygen atoms in total. The molecule has 4 aromatic rings. The molecule has 0 N–H and O–H groups in total. The van der Waals surface area contributed by atoms with E-state index in [4.69, 9.17) is 14.1 Å². The van der Waals surface area contributed by atoms with Crippen LogP contribution in [0.3, 0.4) is 0 Å². The van der Waals surface area contributed by atoms with Crippen LogP contribution in [0.15, 0.2) is 52.9 Å². The number of methoxy groups -OCH3 is 1. The summed E-state index contributed by atoms with van der Waals surface area (Å²) in [6, 6.07) is 16.3. The molecule has 0 saturated heterocycles. The van der Waals surface area contributed by atoms with Gasteiger partial charge in [0.2, 0.25) is 17.7 Å². The van der Waals surface area contributed by atoms with Gasteiger partial charge >= 0.3 is 0 Å². The molecule has 0 amide bonds. The maximum atomic E-state index is 5.55. The molecule has 2 heterocycles. The van der Waals surface area contributed by atoms with E-state index in [1.165, 1.54) is 5.56 Å². The van der Waals surface area contributed by atoms with Crippen LogP contribution in [0.5, 0.6) is 5.88 Å². The third-order valence-corrected chi connectivity index (χ3v) is 5.45. The van der Waals surface area contributed by atoms with Crippen molar-refractivity contribution in [2.75, 3.05) is 7.11 Å². The number of hydrogen-bond donors (Lipinski definition) is 0. The van der Waals surface area contributed by atoms with Gasteiger partial charge in [-0.3, -0.25) is 0 Å². The molecular formula is C29H40N4O2. The van der Waals surface area contributed by atoms with Gasteiger partial charge in [0, 0.05) is 18.9 Å². The van der Waals surface area contributed by atoms with Crippen molar-refractivity contribution in [2.24, 2.45) is 5.41 Å². The first kappa shape index (κ1) is 28.0. The average molecular weight is 477 g/mol. The van der Waals surface area contributed by atoms with E-state index in [2.05, 4.69) is 53.3 Å². The molecule has 0 atom stereocenters. The maximum absolute atomic E-state index is 5.55. The molecular weight excluding hydrogens is 436 g/mol. The number of hydrogen-bond acceptors (Lipinski definition) is 6. The smallest absolute Gasteiger partial charge is 0.240 e. The standard InChI is InChI=1S/C25H28N4O2.2C2H6/c1-17-28-29-22(31-17)16-25(2,3)14-8-10-18-9-7-11-19(15-18)23-24(30-4)27-21-13-6-5-12-20(21)26-23;2*1-2/h5-7,9,11-13,15H,8,10,14,16H2,1-4H3;2*1-2H3. The van der Waals surface area contributed by atoms with E-state index < -0.39 is 0 Å². The van der Waals surface area contributed by atoms with Crippen molar-refractivity contribution in [3.05, 3.63) is 65.9 Å². The minimum Gasteiger partial charge on any atom is -0.479 e. The first-order chi connectivity index (χ1) is 16.9. The van der Waals surface area contributed by atoms with E-state index >= 15 is 0 Å². The fourth-order valence-electron chi connectivity index (χ4n) is 3.87. The van der Waals surface area contributed by atoms with Crippen molar-refractivity contribution in [3.63, 3.8) is 0 Å². The Labute approximate surface area is 210 Å². The summed E-state index contributed by atoms with van der Waals surface area (Å²) in [5, 5.41) is 8.07. The van der Waals surface area contributed by atoms with E-state index in [9.17, 15) is 0 Å². The van der Waals surface area contributed by atoms with Gasteiger partial charge < -0.3 is 9.15 Å². The molecule has 0 aliphatic rings. The predicted molar refractivity (Wildman–Crippen MR) is 144 cm³/mol. The monoisotopic (exact) mass is 476 g/mol. The minimum absolute atomic E-state index is 0.101. The van der Waals surface area contributed by atoms with Crippen LogP contribution >= 0.6 is 0 Å². The van der Waals surface area contributed by atoms with Crippen LogP contribution in [0.2, 0.25) is 0 Å². The summed E-state index contributed by atoms with van der Waals surface area (Å²) < 4.78 is 11.1. The topological polar surface area (TPSA) is 73.9 Å². The van der Waals surface area contributed by atoms with Crippen molar-refractivity contribution in [1.82, 2.24) is 20.2 Å². The second-order valence-corrected chi connectivity index (χ2v) is 8.68. The quantitative estimate of drug-likeness (QED) is 0.260. The highest BCUT2D eigenvalue weighted by molar-refractivity contribution is 5.79. The Bertz CT molecular complexity index is 1180. The van der Waals surface area contributed by atoms with Gasteiger partial charge in [-0.1, -0.05) is 71.9 Å². The third kappa shape index (κ3) is 7.88. The number of rotatable bonds is 8. The fourth-order valence-corrected chi connectivity index (χ4v) is 3.87. The first-order valence-electron chi connectivity index (χ1n) is 12.6. The number of benzene rings is 2. The molecule has 2 aromatic heterocycles. The van der Waals surface area contributed by atoms with Crippen LogP contribution in [0, 0.1) is 12.3 Å². The molecule has 0 radical (unpaired) electrons. The number of nitrogens with zero attached hydrogens (tertiary/aromatic N) is 4. The summed E-state index contributed by atoms with van der Waals surface area (Å²) in [7, 11) is 1.64. The van der Waals surface area contributed by atoms with E-state index in [0.29, 0.717) is 17.7 Å². The zero-order valence-electron chi connectivity index (χ0n) is 22.6. The van der Waals surface area contributed by atoms with Crippen LogP contribution in [-0.2, 0) is 12.8 Å². The largest absolute Gasteiger partial charge is 0.479 e. The Kier molecular flexibility index (Phi) is 10.8. The lowest BCUT2D eigenvalue weighted by atomic mass is 9.83. The highest BCUT2D eigenvalue weighted by Gasteiger charge is 2.21. The van der Waals surface area contributed by atoms with Crippen LogP contribution in [-0.4, -0.2) is 27.3 Å². The highest BCUT2D eigenvalue weighted by atomic mass is 16.5. The van der Waals surface area contributed by atoms with Crippen LogP contribution in [0.1, 0.15) is 71.7 Å². The SMILES string of the molecule is CC.CC.COc1nc2ccccc2nc1-c1cccc(CCCC(C)(C)Cc2nnc(C)o2)c1. The maximum Gasteiger partial charge on any atom is 0.240 e. The van der Waals surface area contributed by atoms with E-state index in [-0.39, 0.29) is 5.41 Å². The van der Waals surface area contributed by atoms with Crippen LogP contribution in [0.25, 0.3) is 22.3 Å². The van der Waals surface area contributed by atoms with Gasteiger partial charge in [0.15, 0.2) is 0 Å². The third-order valence-electron chi connectivity index (χ3n) is 5.45. The molecule has 0 fully saturated rings. The average Bonchev–Trinajstić information content (AvgIpc) is 3.29. The summed E-state index contributed by atoms with van der Waals surface area (Å²) >= 11 is 0. The number of fused-ring (bicyclic) bond motifs is 1. The Morgan fingerprint density at radius 3 is 2.20 bits per heavy atom. The lowest BCUT2D eigenvalue weighted by molar-refractivity contribution is 0.289. The number of aromatic nitrogens is 4. The lowest BCUT2D eigenvalue weighted by Gasteiger charge is -2.22. The second-order valence-electron chi connectivity index (χ2n) is 8.68. The Hall–Kier alpha value is -3.28. The summed E-state index contributed by atoms with van der Waals surface area (Å²) in [6.45, 7) is 14.3. The van der Waals surface area contributed by atoms with Crippen molar-refractivity contribution in [3.8, 4) is 17.1 Å². The molecule has 0 bridgehead atoms. The molecule has 188 valence electrons. The zero-order chi connectivity index (χ0) is 25.8. The molecule has 6 heteroatoms. The van der Waals surface area contributed by atoms with Crippen molar-refractivity contribution in [1.29, 1.82) is 0 Å². The summed E-state index contributed by atoms with van der Waals surface area (Å²) in [5.74, 6) is 1.88. The van der Waals surface area contributed by atoms with E-state index in [1.54, 1.807) is 7.11 Å². The highest BCUT2D eigenvalue weighted by Crippen LogP contribution is 2.31. The Balaban J connectivity index is 0.00000103. The van der Waals surface area contributed by atoms with Gasteiger partial charge in [-0.05, 0) is 48.4 Å². The lowest BCUT2D eigenvalue weighted by Crippen LogP contribution is -2.15. The van der Waals surface area contributed by atoms with E-state index in [0.717, 1.165) is 48.0 Å². The normalized spacial score (nSPS) is 10.7. The summed E-state index contributed by atoms with van der Waals surface area (Å²) in [4.78, 5) is 9.45. The summed E-state index contributed by atoms with van der Waals surface area (Å²) in [6.07, 6.45) is 3.92. The predicted octanol–water partition coefficient (Wildman–Crippen LogP) is 7.64. The molecule has 0 saturated carbocycles. The molecule has 0 aliphatic carbocycles. The van der Waals surface area contributed by atoms with Gasteiger partial charge in [-0.25, -0.2) is 9.97 Å².